The Morgan fingerprint density at radius 3 is 2.87 bits per heavy atom. The van der Waals surface area contributed by atoms with Crippen LogP contribution < -0.4 is 10.6 Å². The van der Waals surface area contributed by atoms with Crippen LogP contribution in [-0.2, 0) is 0 Å². The first-order chi connectivity index (χ1) is 10.9. The number of nitro groups is 1. The molecule has 1 heterocycles. The quantitative estimate of drug-likeness (QED) is 0.416. The van der Waals surface area contributed by atoms with Gasteiger partial charge < -0.3 is 15.7 Å². The maximum atomic E-state index is 10.8. The molecule has 124 valence electrons. The van der Waals surface area contributed by atoms with Gasteiger partial charge in [-0.05, 0) is 30.6 Å². The number of aliphatic hydroxyl groups is 1. The van der Waals surface area contributed by atoms with Crippen LogP contribution in [0.5, 0.6) is 0 Å². The summed E-state index contributed by atoms with van der Waals surface area (Å²) in [5.74, 6) is 0.436. The molecular weight excluding hydrogens is 336 g/mol. The van der Waals surface area contributed by atoms with Crippen molar-refractivity contribution < 1.29 is 10.0 Å². The molecule has 0 amide bonds. The van der Waals surface area contributed by atoms with Gasteiger partial charge in [-0.3, -0.25) is 10.1 Å². The zero-order chi connectivity index (χ0) is 17.0. The van der Waals surface area contributed by atoms with Crippen molar-refractivity contribution in [1.82, 2.24) is 10.3 Å². The number of aliphatic hydroxyl groups excluding tert-OH is 1. The van der Waals surface area contributed by atoms with E-state index in [4.69, 9.17) is 12.2 Å². The molecule has 0 spiro atoms. The van der Waals surface area contributed by atoms with Gasteiger partial charge in [0.15, 0.2) is 10.2 Å². The number of aromatic nitrogens is 1. The van der Waals surface area contributed by atoms with E-state index in [1.807, 2.05) is 0 Å². The van der Waals surface area contributed by atoms with Gasteiger partial charge in [-0.2, -0.15) is 0 Å². The molecule has 0 unspecified atom stereocenters. The predicted octanol–water partition coefficient (Wildman–Crippen LogP) is 2.90. The summed E-state index contributed by atoms with van der Waals surface area (Å²) in [7, 11) is 0. The lowest BCUT2D eigenvalue weighted by molar-refractivity contribution is -0.384. The summed E-state index contributed by atoms with van der Waals surface area (Å²) < 4.78 is 0.713. The predicted molar refractivity (Wildman–Crippen MR) is 96.0 cm³/mol. The number of benzene rings is 1. The Balaban J connectivity index is 2.06. The molecule has 1 aromatic heterocycles. The minimum absolute atomic E-state index is 0.00790. The van der Waals surface area contributed by atoms with E-state index in [-0.39, 0.29) is 18.3 Å². The lowest BCUT2D eigenvalue weighted by Gasteiger charge is -2.19. The van der Waals surface area contributed by atoms with E-state index in [1.54, 1.807) is 6.07 Å². The standard InChI is InChI=1S/C14H18N4O3S2/c1-8(2)5-9(7-19)15-13(22)17-14-16-11-4-3-10(18(20)21)6-12(11)23-14/h3-4,6,8-9,19H,5,7H2,1-2H3,(H2,15,16,17,22)/t9-/m1/s1. The van der Waals surface area contributed by atoms with Crippen molar-refractivity contribution >= 4 is 49.7 Å². The first-order valence-electron chi connectivity index (χ1n) is 7.12. The molecule has 0 saturated carbocycles. The van der Waals surface area contributed by atoms with Crippen LogP contribution in [0, 0.1) is 16.0 Å². The summed E-state index contributed by atoms with van der Waals surface area (Å²) in [6, 6.07) is 4.41. The van der Waals surface area contributed by atoms with Crippen LogP contribution in [0.25, 0.3) is 10.2 Å². The summed E-state index contributed by atoms with van der Waals surface area (Å²) in [4.78, 5) is 14.7. The van der Waals surface area contributed by atoms with Crippen LogP contribution in [-0.4, -0.2) is 32.8 Å². The molecule has 3 N–H and O–H groups in total. The second-order valence-electron chi connectivity index (χ2n) is 5.54. The molecule has 9 heteroatoms. The first kappa shape index (κ1) is 17.5. The van der Waals surface area contributed by atoms with Gasteiger partial charge in [0, 0.05) is 12.1 Å². The number of thiazole rings is 1. The van der Waals surface area contributed by atoms with E-state index in [2.05, 4.69) is 29.5 Å². The number of hydrogen-bond acceptors (Lipinski definition) is 6. The molecule has 1 atom stereocenters. The van der Waals surface area contributed by atoms with Gasteiger partial charge >= 0.3 is 0 Å². The molecule has 23 heavy (non-hydrogen) atoms. The number of nitro benzene ring substituents is 1. The van der Waals surface area contributed by atoms with E-state index in [9.17, 15) is 15.2 Å². The molecule has 0 saturated heterocycles. The van der Waals surface area contributed by atoms with Gasteiger partial charge in [0.25, 0.3) is 5.69 Å². The molecule has 2 aromatic rings. The third kappa shape index (κ3) is 4.81. The fourth-order valence-corrected chi connectivity index (χ4v) is 3.38. The van der Waals surface area contributed by atoms with Crippen LogP contribution in [0.2, 0.25) is 0 Å². The van der Waals surface area contributed by atoms with E-state index < -0.39 is 4.92 Å². The summed E-state index contributed by atoms with van der Waals surface area (Å²) in [6.07, 6.45) is 0.796. The number of nitrogens with one attached hydrogen (secondary N) is 2. The van der Waals surface area contributed by atoms with Gasteiger partial charge in [0.1, 0.15) is 0 Å². The molecule has 0 aliphatic heterocycles. The average Bonchev–Trinajstić information content (AvgIpc) is 2.86. The van der Waals surface area contributed by atoms with Crippen LogP contribution in [0.3, 0.4) is 0 Å². The van der Waals surface area contributed by atoms with Gasteiger partial charge in [-0.1, -0.05) is 25.2 Å². The lowest BCUT2D eigenvalue weighted by Crippen LogP contribution is -2.40. The van der Waals surface area contributed by atoms with E-state index in [0.29, 0.717) is 26.4 Å². The van der Waals surface area contributed by atoms with Crippen molar-refractivity contribution in [2.45, 2.75) is 26.3 Å². The van der Waals surface area contributed by atoms with Crippen molar-refractivity contribution in [2.75, 3.05) is 11.9 Å². The Morgan fingerprint density at radius 1 is 1.52 bits per heavy atom. The number of hydrogen-bond donors (Lipinski definition) is 3. The van der Waals surface area contributed by atoms with Crippen molar-refractivity contribution in [3.8, 4) is 0 Å². The number of anilines is 1. The largest absolute Gasteiger partial charge is 0.394 e. The SMILES string of the molecule is CC(C)C[C@H](CO)NC(=S)Nc1nc2ccc([N+](=O)[O-])cc2s1. The van der Waals surface area contributed by atoms with Crippen molar-refractivity contribution in [2.24, 2.45) is 5.92 Å². The summed E-state index contributed by atoms with van der Waals surface area (Å²) in [6.45, 7) is 4.13. The second-order valence-corrected chi connectivity index (χ2v) is 6.97. The Labute approximate surface area is 142 Å². The molecule has 0 aliphatic carbocycles. The lowest BCUT2D eigenvalue weighted by atomic mass is 10.0. The number of fused-ring (bicyclic) bond motifs is 1. The first-order valence-corrected chi connectivity index (χ1v) is 8.35. The zero-order valence-electron chi connectivity index (χ0n) is 12.8. The molecule has 0 fully saturated rings. The minimum atomic E-state index is -0.434. The number of thiocarbonyl (C=S) groups is 1. The monoisotopic (exact) mass is 354 g/mol. The van der Waals surface area contributed by atoms with Gasteiger partial charge in [-0.25, -0.2) is 4.98 Å². The molecule has 2 rings (SSSR count). The number of nitrogens with zero attached hydrogens (tertiary/aromatic N) is 2. The number of non-ortho nitro benzene ring substituents is 1. The maximum absolute atomic E-state index is 10.8. The van der Waals surface area contributed by atoms with Crippen LogP contribution in [0.1, 0.15) is 20.3 Å². The highest BCUT2D eigenvalue weighted by atomic mass is 32.1. The topological polar surface area (TPSA) is 100 Å². The zero-order valence-corrected chi connectivity index (χ0v) is 14.4. The van der Waals surface area contributed by atoms with E-state index in [0.717, 1.165) is 6.42 Å². The third-order valence-electron chi connectivity index (χ3n) is 3.11. The minimum Gasteiger partial charge on any atom is -0.394 e. The normalized spacial score (nSPS) is 12.3. The Hall–Kier alpha value is -1.84. The van der Waals surface area contributed by atoms with Gasteiger partial charge in [0.05, 0.1) is 27.8 Å². The van der Waals surface area contributed by atoms with Crippen LogP contribution >= 0.6 is 23.6 Å². The van der Waals surface area contributed by atoms with E-state index in [1.165, 1.54) is 23.5 Å². The fourth-order valence-electron chi connectivity index (χ4n) is 2.15. The van der Waals surface area contributed by atoms with Crippen molar-refractivity contribution in [3.05, 3.63) is 28.3 Å². The Bertz CT molecular complexity index is 717. The van der Waals surface area contributed by atoms with Crippen molar-refractivity contribution in [1.29, 1.82) is 0 Å². The third-order valence-corrected chi connectivity index (χ3v) is 4.27. The second kappa shape index (κ2) is 7.62. The summed E-state index contributed by atoms with van der Waals surface area (Å²) >= 11 is 6.52. The molecule has 0 radical (unpaired) electrons. The molecular formula is C14H18N4O3S2. The average molecular weight is 354 g/mol. The highest BCUT2D eigenvalue weighted by Crippen LogP contribution is 2.29. The highest BCUT2D eigenvalue weighted by Gasteiger charge is 2.13. The van der Waals surface area contributed by atoms with E-state index >= 15 is 0 Å². The molecule has 0 aliphatic rings. The Kier molecular flexibility index (Phi) is 5.80. The fraction of sp³-hybridized carbons (Fsp3) is 0.429. The molecule has 0 bridgehead atoms. The maximum Gasteiger partial charge on any atom is 0.270 e. The summed E-state index contributed by atoms with van der Waals surface area (Å²) in [5, 5.41) is 27.1. The van der Waals surface area contributed by atoms with Crippen LogP contribution in [0.4, 0.5) is 10.8 Å². The smallest absolute Gasteiger partial charge is 0.270 e. The van der Waals surface area contributed by atoms with Gasteiger partial charge in [-0.15, -0.1) is 0 Å². The van der Waals surface area contributed by atoms with Gasteiger partial charge in [0.2, 0.25) is 0 Å². The highest BCUT2D eigenvalue weighted by molar-refractivity contribution is 7.80. The summed E-state index contributed by atoms with van der Waals surface area (Å²) in [5.41, 5.74) is 0.706. The molecule has 1 aromatic carbocycles. The Morgan fingerprint density at radius 2 is 2.26 bits per heavy atom. The molecule has 7 nitrogen and oxygen atoms in total. The van der Waals surface area contributed by atoms with Crippen LogP contribution in [0.15, 0.2) is 18.2 Å². The van der Waals surface area contributed by atoms with Crippen molar-refractivity contribution in [3.63, 3.8) is 0 Å². The number of rotatable bonds is 6.